The van der Waals surface area contributed by atoms with Gasteiger partial charge in [-0.2, -0.15) is 24.4 Å². The van der Waals surface area contributed by atoms with Crippen LogP contribution in [-0.2, 0) is 20.1 Å². The number of thioether (sulfide) groups is 1. The Morgan fingerprint density at radius 3 is 2.32 bits per heavy atom. The van der Waals surface area contributed by atoms with Crippen LogP contribution in [0.1, 0.15) is 12.5 Å². The van der Waals surface area contributed by atoms with E-state index in [-0.39, 0.29) is 5.75 Å². The summed E-state index contributed by atoms with van der Waals surface area (Å²) in [5, 5.41) is 5.13. The molecule has 1 aromatic rings. The normalized spacial score (nSPS) is 13.8. The van der Waals surface area contributed by atoms with Crippen molar-refractivity contribution in [2.75, 3.05) is 18.6 Å². The predicted molar refractivity (Wildman–Crippen MR) is 113 cm³/mol. The maximum absolute atomic E-state index is 12.5. The first-order valence-electron chi connectivity index (χ1n) is 8.50. The molecule has 0 heterocycles. The molecule has 11 heteroatoms. The highest BCUT2D eigenvalue weighted by Crippen LogP contribution is 2.17. The summed E-state index contributed by atoms with van der Waals surface area (Å²) < 4.78 is 5.12. The van der Waals surface area contributed by atoms with Gasteiger partial charge < -0.3 is 21.1 Å². The molecule has 1 aromatic carbocycles. The van der Waals surface area contributed by atoms with Crippen LogP contribution in [0.4, 0.5) is 0 Å². The summed E-state index contributed by atoms with van der Waals surface area (Å²) in [6, 6.07) is 4.99. The molecule has 0 saturated carbocycles. The molecule has 0 aliphatic rings. The van der Waals surface area contributed by atoms with E-state index in [9.17, 15) is 14.4 Å². The maximum Gasteiger partial charge on any atom is 0.256 e. The van der Waals surface area contributed by atoms with Gasteiger partial charge in [0, 0.05) is 17.3 Å². The predicted octanol–water partition coefficient (Wildman–Crippen LogP) is -0.835. The van der Waals surface area contributed by atoms with Gasteiger partial charge in [0.2, 0.25) is 11.8 Å². The van der Waals surface area contributed by atoms with Crippen molar-refractivity contribution in [3.05, 3.63) is 29.8 Å². The molecular weight excluding hydrogens is 402 g/mol. The Morgan fingerprint density at radius 2 is 1.79 bits per heavy atom. The van der Waals surface area contributed by atoms with Crippen molar-refractivity contribution < 1.29 is 19.1 Å². The van der Waals surface area contributed by atoms with Gasteiger partial charge >= 0.3 is 0 Å². The minimum Gasteiger partial charge on any atom is -0.497 e. The van der Waals surface area contributed by atoms with Crippen LogP contribution in [0.15, 0.2) is 24.3 Å². The Bertz CT molecular complexity index is 659. The molecule has 0 radical (unpaired) electrons. The number of nitrogens with two attached hydrogens (primary N) is 2. The van der Waals surface area contributed by atoms with Gasteiger partial charge in [-0.25, -0.2) is 5.84 Å². The van der Waals surface area contributed by atoms with E-state index in [0.717, 1.165) is 11.3 Å². The highest BCUT2D eigenvalue weighted by Gasteiger charge is 2.25. The Hall–Kier alpha value is -1.95. The van der Waals surface area contributed by atoms with Crippen LogP contribution in [0.5, 0.6) is 5.75 Å². The molecule has 28 heavy (non-hydrogen) atoms. The van der Waals surface area contributed by atoms with E-state index < -0.39 is 35.8 Å². The molecule has 0 saturated heterocycles. The zero-order valence-electron chi connectivity index (χ0n) is 15.8. The number of hydrogen-bond acceptors (Lipinski definition) is 8. The third-order valence-corrected chi connectivity index (χ3v) is 5.27. The number of benzene rings is 1. The van der Waals surface area contributed by atoms with Crippen molar-refractivity contribution >= 4 is 42.1 Å². The standard InChI is InChI=1S/C17H27N5O4S2/c1-10(15(23)22-19)20-17(25)14(21-16(24)13(18)7-27)9-28-8-11-3-5-12(26-2)6-4-11/h3-6,10,13-14,27H,7-9,18-19H2,1-2H3,(H,20,25)(H,21,24)(H,22,23)/t10-,13-,14-/m0/s1. The van der Waals surface area contributed by atoms with Crippen molar-refractivity contribution in [3.63, 3.8) is 0 Å². The van der Waals surface area contributed by atoms with Crippen molar-refractivity contribution in [1.29, 1.82) is 0 Å². The van der Waals surface area contributed by atoms with Crippen LogP contribution in [0.3, 0.4) is 0 Å². The van der Waals surface area contributed by atoms with Gasteiger partial charge in [0.15, 0.2) is 0 Å². The Morgan fingerprint density at radius 1 is 1.14 bits per heavy atom. The molecule has 0 aliphatic carbocycles. The summed E-state index contributed by atoms with van der Waals surface area (Å²) in [4.78, 5) is 36.1. The van der Waals surface area contributed by atoms with Crippen LogP contribution in [0, 0.1) is 0 Å². The van der Waals surface area contributed by atoms with Crippen molar-refractivity contribution in [2.24, 2.45) is 11.6 Å². The second-order valence-electron chi connectivity index (χ2n) is 5.95. The summed E-state index contributed by atoms with van der Waals surface area (Å²) in [6.07, 6.45) is 0. The summed E-state index contributed by atoms with van der Waals surface area (Å²) >= 11 is 5.45. The van der Waals surface area contributed by atoms with Crippen LogP contribution in [-0.4, -0.2) is 54.5 Å². The summed E-state index contributed by atoms with van der Waals surface area (Å²) in [7, 11) is 1.59. The van der Waals surface area contributed by atoms with E-state index in [1.165, 1.54) is 18.7 Å². The third kappa shape index (κ3) is 7.97. The molecule has 0 aliphatic heterocycles. The van der Waals surface area contributed by atoms with Crippen LogP contribution in [0.2, 0.25) is 0 Å². The monoisotopic (exact) mass is 429 g/mol. The van der Waals surface area contributed by atoms with Crippen molar-refractivity contribution in [2.45, 2.75) is 30.8 Å². The molecule has 0 unspecified atom stereocenters. The second-order valence-corrected chi connectivity index (χ2v) is 7.35. The second kappa shape index (κ2) is 12.5. The largest absolute Gasteiger partial charge is 0.497 e. The van der Waals surface area contributed by atoms with Crippen LogP contribution >= 0.6 is 24.4 Å². The van der Waals surface area contributed by atoms with E-state index >= 15 is 0 Å². The lowest BCUT2D eigenvalue weighted by atomic mass is 10.2. The smallest absolute Gasteiger partial charge is 0.256 e. The number of ether oxygens (including phenoxy) is 1. The molecule has 0 fully saturated rings. The molecule has 9 nitrogen and oxygen atoms in total. The quantitative estimate of drug-likeness (QED) is 0.116. The van der Waals surface area contributed by atoms with Gasteiger partial charge in [0.25, 0.3) is 5.91 Å². The van der Waals surface area contributed by atoms with E-state index in [1.807, 2.05) is 29.7 Å². The molecule has 0 spiro atoms. The van der Waals surface area contributed by atoms with E-state index in [0.29, 0.717) is 11.5 Å². The maximum atomic E-state index is 12.5. The first-order valence-corrected chi connectivity index (χ1v) is 10.3. The lowest BCUT2D eigenvalue weighted by Crippen LogP contribution is -2.56. The van der Waals surface area contributed by atoms with E-state index in [1.54, 1.807) is 7.11 Å². The fourth-order valence-corrected chi connectivity index (χ4v) is 3.25. The highest BCUT2D eigenvalue weighted by atomic mass is 32.2. The molecule has 156 valence electrons. The minimum absolute atomic E-state index is 0.144. The zero-order chi connectivity index (χ0) is 21.1. The third-order valence-electron chi connectivity index (χ3n) is 3.77. The first-order chi connectivity index (χ1) is 13.3. The zero-order valence-corrected chi connectivity index (χ0v) is 17.5. The summed E-state index contributed by atoms with van der Waals surface area (Å²) in [6.45, 7) is 1.49. The van der Waals surface area contributed by atoms with Gasteiger partial charge in [-0.05, 0) is 24.6 Å². The van der Waals surface area contributed by atoms with Gasteiger partial charge in [0.1, 0.15) is 17.8 Å². The number of amides is 3. The van der Waals surface area contributed by atoms with Gasteiger partial charge in [-0.1, -0.05) is 12.1 Å². The number of hydrogen-bond donors (Lipinski definition) is 6. The summed E-state index contributed by atoms with van der Waals surface area (Å²) in [5.74, 6) is 5.35. The molecule has 1 rings (SSSR count). The topological polar surface area (TPSA) is 149 Å². The average molecular weight is 430 g/mol. The van der Waals surface area contributed by atoms with Crippen molar-refractivity contribution in [1.82, 2.24) is 16.1 Å². The fraction of sp³-hybridized carbons (Fsp3) is 0.471. The Labute approximate surface area is 174 Å². The highest BCUT2D eigenvalue weighted by molar-refractivity contribution is 7.98. The van der Waals surface area contributed by atoms with Crippen LogP contribution < -0.4 is 32.4 Å². The van der Waals surface area contributed by atoms with Gasteiger partial charge in [-0.3, -0.25) is 19.8 Å². The van der Waals surface area contributed by atoms with Gasteiger partial charge in [0.05, 0.1) is 13.2 Å². The number of nitrogens with one attached hydrogen (secondary N) is 3. The number of hydrazine groups is 1. The number of thiol groups is 1. The number of carbonyl (C=O) groups is 3. The summed E-state index contributed by atoms with van der Waals surface area (Å²) in [5.41, 5.74) is 8.67. The lowest BCUT2D eigenvalue weighted by Gasteiger charge is -2.22. The van der Waals surface area contributed by atoms with Crippen molar-refractivity contribution in [3.8, 4) is 5.75 Å². The number of carbonyl (C=O) groups excluding carboxylic acids is 3. The first kappa shape index (κ1) is 24.1. The SMILES string of the molecule is COc1ccc(CSC[C@H](NC(=O)[C@@H](N)CS)C(=O)N[C@@H](C)C(=O)NN)cc1. The fourth-order valence-electron chi connectivity index (χ4n) is 2.07. The minimum atomic E-state index is -0.866. The number of rotatable bonds is 11. The molecule has 0 bridgehead atoms. The van der Waals surface area contributed by atoms with Gasteiger partial charge in [-0.15, -0.1) is 0 Å². The Kier molecular flexibility index (Phi) is 10.8. The van der Waals surface area contributed by atoms with E-state index in [2.05, 4.69) is 23.3 Å². The molecular formula is C17H27N5O4S2. The van der Waals surface area contributed by atoms with E-state index in [4.69, 9.17) is 16.3 Å². The molecule has 3 amide bonds. The average Bonchev–Trinajstić information content (AvgIpc) is 2.71. The Balaban J connectivity index is 2.71. The molecule has 7 N–H and O–H groups in total. The van der Waals surface area contributed by atoms with Crippen LogP contribution in [0.25, 0.3) is 0 Å². The number of methoxy groups -OCH3 is 1. The molecule has 0 aromatic heterocycles. The molecule has 3 atom stereocenters. The lowest BCUT2D eigenvalue weighted by molar-refractivity contribution is -0.131.